The van der Waals surface area contributed by atoms with Gasteiger partial charge >= 0.3 is 0 Å². The lowest BCUT2D eigenvalue weighted by atomic mass is 10.0. The number of nitrogens with one attached hydrogen (secondary N) is 1. The zero-order chi connectivity index (χ0) is 14.5. The molecule has 0 heterocycles. The monoisotopic (exact) mass is 264 g/mol. The lowest BCUT2D eigenvalue weighted by molar-refractivity contribution is -0.135. The van der Waals surface area contributed by atoms with Gasteiger partial charge in [-0.1, -0.05) is 18.2 Å². The molecule has 0 saturated heterocycles. The molecular formula is C15H24N2O2. The molecular weight excluding hydrogens is 240 g/mol. The Hall–Kier alpha value is -1.55. The SMILES string of the molecule is CNC(C)(C)C(=O)N(C)CCc1ccccc1OC. The smallest absolute Gasteiger partial charge is 0.242 e. The van der Waals surface area contributed by atoms with Gasteiger partial charge in [-0.3, -0.25) is 4.79 Å². The number of benzene rings is 1. The highest BCUT2D eigenvalue weighted by Crippen LogP contribution is 2.18. The van der Waals surface area contributed by atoms with Gasteiger partial charge in [-0.05, 0) is 38.9 Å². The number of amides is 1. The van der Waals surface area contributed by atoms with Gasteiger partial charge in [0.2, 0.25) is 5.91 Å². The minimum atomic E-state index is -0.532. The van der Waals surface area contributed by atoms with E-state index in [4.69, 9.17) is 4.74 Å². The number of ether oxygens (including phenoxy) is 1. The van der Waals surface area contributed by atoms with E-state index in [9.17, 15) is 4.79 Å². The summed E-state index contributed by atoms with van der Waals surface area (Å²) in [6.45, 7) is 4.44. The first kappa shape index (κ1) is 15.5. The summed E-state index contributed by atoms with van der Waals surface area (Å²) in [7, 11) is 5.29. The summed E-state index contributed by atoms with van der Waals surface area (Å²) in [5.41, 5.74) is 0.585. The summed E-state index contributed by atoms with van der Waals surface area (Å²) >= 11 is 0. The third-order valence-corrected chi connectivity index (χ3v) is 3.42. The van der Waals surface area contributed by atoms with E-state index in [1.54, 1.807) is 19.1 Å². The molecule has 106 valence electrons. The normalized spacial score (nSPS) is 11.2. The van der Waals surface area contributed by atoms with Crippen LogP contribution in [-0.2, 0) is 11.2 Å². The molecule has 0 spiro atoms. The second-order valence-electron chi connectivity index (χ2n) is 5.16. The van der Waals surface area contributed by atoms with Crippen LogP contribution in [0.25, 0.3) is 0 Å². The highest BCUT2D eigenvalue weighted by Gasteiger charge is 2.28. The molecule has 0 bridgehead atoms. The molecule has 19 heavy (non-hydrogen) atoms. The van der Waals surface area contributed by atoms with Gasteiger partial charge in [0.1, 0.15) is 5.75 Å². The van der Waals surface area contributed by atoms with Crippen molar-refractivity contribution in [3.63, 3.8) is 0 Å². The molecule has 0 unspecified atom stereocenters. The van der Waals surface area contributed by atoms with Crippen LogP contribution in [0.15, 0.2) is 24.3 Å². The van der Waals surface area contributed by atoms with E-state index < -0.39 is 5.54 Å². The summed E-state index contributed by atoms with van der Waals surface area (Å²) in [5.74, 6) is 0.959. The maximum atomic E-state index is 12.2. The second kappa shape index (κ2) is 6.57. The van der Waals surface area contributed by atoms with E-state index in [0.717, 1.165) is 17.7 Å². The highest BCUT2D eigenvalue weighted by molar-refractivity contribution is 5.85. The van der Waals surface area contributed by atoms with E-state index in [1.165, 1.54) is 0 Å². The van der Waals surface area contributed by atoms with E-state index in [-0.39, 0.29) is 5.91 Å². The standard InChI is InChI=1S/C15H24N2O2/c1-15(2,16-3)14(18)17(4)11-10-12-8-6-7-9-13(12)19-5/h6-9,16H,10-11H2,1-5H3. The van der Waals surface area contributed by atoms with Gasteiger partial charge in [0, 0.05) is 13.6 Å². The van der Waals surface area contributed by atoms with Crippen molar-refractivity contribution in [1.29, 1.82) is 0 Å². The molecule has 1 N–H and O–H groups in total. The quantitative estimate of drug-likeness (QED) is 0.850. The number of likely N-dealkylation sites (N-methyl/N-ethyl adjacent to an activating group) is 2. The van der Waals surface area contributed by atoms with Crippen LogP contribution in [0.1, 0.15) is 19.4 Å². The van der Waals surface area contributed by atoms with Crippen LogP contribution in [0.3, 0.4) is 0 Å². The van der Waals surface area contributed by atoms with Crippen LogP contribution in [0, 0.1) is 0 Å². The van der Waals surface area contributed by atoms with Crippen molar-refractivity contribution >= 4 is 5.91 Å². The van der Waals surface area contributed by atoms with Crippen molar-refractivity contribution < 1.29 is 9.53 Å². The Bertz CT molecular complexity index is 430. The van der Waals surface area contributed by atoms with Crippen LogP contribution >= 0.6 is 0 Å². The number of nitrogens with zero attached hydrogens (tertiary/aromatic N) is 1. The first-order chi connectivity index (χ1) is 8.92. The third-order valence-electron chi connectivity index (χ3n) is 3.42. The lowest BCUT2D eigenvalue weighted by Gasteiger charge is -2.29. The van der Waals surface area contributed by atoms with Crippen LogP contribution in [0.2, 0.25) is 0 Å². The molecule has 4 heteroatoms. The molecule has 1 amide bonds. The van der Waals surface area contributed by atoms with Crippen LogP contribution in [-0.4, -0.2) is 44.1 Å². The molecule has 0 saturated carbocycles. The Labute approximate surface area is 115 Å². The highest BCUT2D eigenvalue weighted by atomic mass is 16.5. The van der Waals surface area contributed by atoms with Gasteiger partial charge in [-0.2, -0.15) is 0 Å². The first-order valence-corrected chi connectivity index (χ1v) is 6.48. The molecule has 0 aliphatic carbocycles. The van der Waals surface area contributed by atoms with E-state index in [0.29, 0.717) is 6.54 Å². The van der Waals surface area contributed by atoms with Crippen molar-refractivity contribution in [2.24, 2.45) is 0 Å². The van der Waals surface area contributed by atoms with Gasteiger partial charge in [0.25, 0.3) is 0 Å². The summed E-state index contributed by atoms with van der Waals surface area (Å²) in [4.78, 5) is 14.0. The van der Waals surface area contributed by atoms with E-state index >= 15 is 0 Å². The molecule has 0 aliphatic heterocycles. The summed E-state index contributed by atoms with van der Waals surface area (Å²) in [6, 6.07) is 7.90. The average Bonchev–Trinajstić information content (AvgIpc) is 2.44. The maximum absolute atomic E-state index is 12.2. The molecule has 0 aromatic heterocycles. The van der Waals surface area contributed by atoms with Gasteiger partial charge in [0.15, 0.2) is 0 Å². The van der Waals surface area contributed by atoms with Gasteiger partial charge in [-0.15, -0.1) is 0 Å². The number of rotatable bonds is 6. The number of para-hydroxylation sites is 1. The Balaban J connectivity index is 2.64. The fourth-order valence-corrected chi connectivity index (χ4v) is 1.88. The Morgan fingerprint density at radius 1 is 1.37 bits per heavy atom. The number of hydrogen-bond acceptors (Lipinski definition) is 3. The topological polar surface area (TPSA) is 41.6 Å². The third kappa shape index (κ3) is 3.96. The zero-order valence-electron chi connectivity index (χ0n) is 12.5. The number of methoxy groups -OCH3 is 1. The van der Waals surface area contributed by atoms with Crippen LogP contribution in [0.5, 0.6) is 5.75 Å². The Morgan fingerprint density at radius 2 is 2.00 bits per heavy atom. The van der Waals surface area contributed by atoms with Crippen LogP contribution < -0.4 is 10.1 Å². The second-order valence-corrected chi connectivity index (χ2v) is 5.16. The van der Waals surface area contributed by atoms with Crippen molar-refractivity contribution in [3.05, 3.63) is 29.8 Å². The number of hydrogen-bond donors (Lipinski definition) is 1. The molecule has 0 atom stereocenters. The molecule has 1 rings (SSSR count). The van der Waals surface area contributed by atoms with Gasteiger partial charge in [-0.25, -0.2) is 0 Å². The minimum Gasteiger partial charge on any atom is -0.496 e. The van der Waals surface area contributed by atoms with Crippen molar-refractivity contribution in [2.45, 2.75) is 25.8 Å². The first-order valence-electron chi connectivity index (χ1n) is 6.48. The summed E-state index contributed by atoms with van der Waals surface area (Å²) in [5, 5.41) is 3.03. The maximum Gasteiger partial charge on any atom is 0.242 e. The molecule has 4 nitrogen and oxygen atoms in total. The van der Waals surface area contributed by atoms with Crippen LogP contribution in [0.4, 0.5) is 0 Å². The van der Waals surface area contributed by atoms with E-state index in [2.05, 4.69) is 5.32 Å². The number of carbonyl (C=O) groups is 1. The molecule has 0 aliphatic rings. The molecule has 1 aromatic carbocycles. The summed E-state index contributed by atoms with van der Waals surface area (Å²) < 4.78 is 5.31. The van der Waals surface area contributed by atoms with Crippen molar-refractivity contribution in [2.75, 3.05) is 27.7 Å². The average molecular weight is 264 g/mol. The number of carbonyl (C=O) groups excluding carboxylic acids is 1. The van der Waals surface area contributed by atoms with Crippen molar-refractivity contribution in [1.82, 2.24) is 10.2 Å². The van der Waals surface area contributed by atoms with Crippen molar-refractivity contribution in [3.8, 4) is 5.75 Å². The largest absolute Gasteiger partial charge is 0.496 e. The molecule has 0 radical (unpaired) electrons. The predicted octanol–water partition coefficient (Wildman–Crippen LogP) is 1.69. The predicted molar refractivity (Wildman–Crippen MR) is 77.5 cm³/mol. The minimum absolute atomic E-state index is 0.0879. The Kier molecular flexibility index (Phi) is 5.36. The van der Waals surface area contributed by atoms with Gasteiger partial charge in [0.05, 0.1) is 12.6 Å². The fraction of sp³-hybridized carbons (Fsp3) is 0.533. The fourth-order valence-electron chi connectivity index (χ4n) is 1.88. The molecule has 0 fully saturated rings. The lowest BCUT2D eigenvalue weighted by Crippen LogP contribution is -2.52. The van der Waals surface area contributed by atoms with E-state index in [1.807, 2.05) is 45.2 Å². The van der Waals surface area contributed by atoms with Gasteiger partial charge < -0.3 is 15.0 Å². The Morgan fingerprint density at radius 3 is 2.58 bits per heavy atom. The molecule has 1 aromatic rings. The zero-order valence-corrected chi connectivity index (χ0v) is 12.5. The summed E-state index contributed by atoms with van der Waals surface area (Å²) in [6.07, 6.45) is 0.784.